The summed E-state index contributed by atoms with van der Waals surface area (Å²) < 4.78 is 5.21. The molecule has 1 aromatic heterocycles. The van der Waals surface area contributed by atoms with Crippen LogP contribution >= 0.6 is 0 Å². The summed E-state index contributed by atoms with van der Waals surface area (Å²) in [4.78, 5) is 4.21. The molecule has 1 aliphatic carbocycles. The maximum absolute atomic E-state index is 9.05. The van der Waals surface area contributed by atoms with Crippen molar-refractivity contribution in [2.45, 2.75) is 31.9 Å². The van der Waals surface area contributed by atoms with E-state index in [0.717, 1.165) is 18.4 Å². The van der Waals surface area contributed by atoms with Crippen LogP contribution in [-0.4, -0.2) is 24.2 Å². The molecule has 0 saturated heterocycles. The number of ether oxygens (including phenoxy) is 1. The maximum Gasteiger partial charge on any atom is 0.144 e. The van der Waals surface area contributed by atoms with E-state index in [1.165, 1.54) is 0 Å². The molecule has 84 valence electrons. The van der Waals surface area contributed by atoms with Crippen molar-refractivity contribution < 1.29 is 4.74 Å². The van der Waals surface area contributed by atoms with Gasteiger partial charge in [-0.2, -0.15) is 5.26 Å². The quantitative estimate of drug-likeness (QED) is 0.839. The Bertz CT molecular complexity index is 419. The van der Waals surface area contributed by atoms with Crippen molar-refractivity contribution in [1.82, 2.24) is 4.98 Å². The number of anilines is 1. The SMILES string of the molecule is COC1CC(Nc2nccc(C)c2C#N)C1. The fourth-order valence-electron chi connectivity index (χ4n) is 1.88. The van der Waals surface area contributed by atoms with Gasteiger partial charge in [0.1, 0.15) is 11.9 Å². The van der Waals surface area contributed by atoms with Crippen molar-refractivity contribution in [2.75, 3.05) is 12.4 Å². The number of hydrogen-bond donors (Lipinski definition) is 1. The fourth-order valence-corrected chi connectivity index (χ4v) is 1.88. The number of pyridine rings is 1. The highest BCUT2D eigenvalue weighted by molar-refractivity contribution is 5.56. The van der Waals surface area contributed by atoms with Crippen molar-refractivity contribution >= 4 is 5.82 Å². The number of rotatable bonds is 3. The predicted octanol–water partition coefficient (Wildman–Crippen LogP) is 1.85. The van der Waals surface area contributed by atoms with Gasteiger partial charge in [0.25, 0.3) is 0 Å². The Kier molecular flexibility index (Phi) is 3.07. The van der Waals surface area contributed by atoms with Crippen LogP contribution in [-0.2, 0) is 4.74 Å². The Labute approximate surface area is 95.3 Å². The summed E-state index contributed by atoms with van der Waals surface area (Å²) in [5.74, 6) is 0.696. The predicted molar refractivity (Wildman–Crippen MR) is 61.1 cm³/mol. The maximum atomic E-state index is 9.05. The Hall–Kier alpha value is -1.60. The van der Waals surface area contributed by atoms with Gasteiger partial charge in [0, 0.05) is 19.3 Å². The van der Waals surface area contributed by atoms with Crippen LogP contribution in [0.3, 0.4) is 0 Å². The van der Waals surface area contributed by atoms with Gasteiger partial charge >= 0.3 is 0 Å². The summed E-state index contributed by atoms with van der Waals surface area (Å²) in [6, 6.07) is 4.42. The molecule has 1 fully saturated rings. The van der Waals surface area contributed by atoms with Gasteiger partial charge in [0.15, 0.2) is 0 Å². The highest BCUT2D eigenvalue weighted by Gasteiger charge is 2.29. The Balaban J connectivity index is 2.06. The number of methoxy groups -OCH3 is 1. The van der Waals surface area contributed by atoms with E-state index in [-0.39, 0.29) is 0 Å². The van der Waals surface area contributed by atoms with Crippen LogP contribution in [0.1, 0.15) is 24.0 Å². The minimum Gasteiger partial charge on any atom is -0.381 e. The highest BCUT2D eigenvalue weighted by Crippen LogP contribution is 2.27. The van der Waals surface area contributed by atoms with Crippen molar-refractivity contribution in [3.63, 3.8) is 0 Å². The zero-order chi connectivity index (χ0) is 11.5. The fraction of sp³-hybridized carbons (Fsp3) is 0.500. The minimum absolute atomic E-state index is 0.354. The van der Waals surface area contributed by atoms with E-state index in [9.17, 15) is 0 Å². The van der Waals surface area contributed by atoms with E-state index < -0.39 is 0 Å². The summed E-state index contributed by atoms with van der Waals surface area (Å²) in [6.45, 7) is 1.92. The van der Waals surface area contributed by atoms with E-state index in [4.69, 9.17) is 10.00 Å². The van der Waals surface area contributed by atoms with Gasteiger partial charge in [-0.1, -0.05) is 0 Å². The third kappa shape index (κ3) is 2.00. The van der Waals surface area contributed by atoms with Gasteiger partial charge in [-0.05, 0) is 31.4 Å². The number of nitriles is 1. The van der Waals surface area contributed by atoms with Crippen LogP contribution in [0.15, 0.2) is 12.3 Å². The van der Waals surface area contributed by atoms with Crippen molar-refractivity contribution in [2.24, 2.45) is 0 Å². The standard InChI is InChI=1S/C12H15N3O/c1-8-3-4-14-12(11(8)7-13)15-9-5-10(6-9)16-2/h3-4,9-10H,5-6H2,1-2H3,(H,14,15). The number of aromatic nitrogens is 1. The van der Waals surface area contributed by atoms with Gasteiger partial charge in [0.05, 0.1) is 11.7 Å². The van der Waals surface area contributed by atoms with Gasteiger partial charge in [0.2, 0.25) is 0 Å². The second-order valence-electron chi connectivity index (χ2n) is 4.13. The molecule has 1 N–H and O–H groups in total. The van der Waals surface area contributed by atoms with E-state index >= 15 is 0 Å². The third-order valence-corrected chi connectivity index (χ3v) is 3.04. The average molecular weight is 217 g/mol. The van der Waals surface area contributed by atoms with Crippen LogP contribution in [0.25, 0.3) is 0 Å². The number of hydrogen-bond acceptors (Lipinski definition) is 4. The molecule has 1 saturated carbocycles. The molecule has 0 spiro atoms. The Morgan fingerprint density at radius 2 is 2.31 bits per heavy atom. The van der Waals surface area contributed by atoms with E-state index in [2.05, 4.69) is 16.4 Å². The molecule has 16 heavy (non-hydrogen) atoms. The normalized spacial score (nSPS) is 23.3. The number of nitrogens with one attached hydrogen (secondary N) is 1. The first kappa shape index (κ1) is 10.9. The molecule has 1 aromatic rings. The molecule has 0 bridgehead atoms. The largest absolute Gasteiger partial charge is 0.381 e. The van der Waals surface area contributed by atoms with Crippen LogP contribution in [0, 0.1) is 18.3 Å². The average Bonchev–Trinajstić information content (AvgIpc) is 2.23. The van der Waals surface area contributed by atoms with Gasteiger partial charge in [-0.15, -0.1) is 0 Å². The molecule has 0 aromatic carbocycles. The van der Waals surface area contributed by atoms with Crippen LogP contribution in [0.2, 0.25) is 0 Å². The van der Waals surface area contributed by atoms with E-state index in [0.29, 0.717) is 23.5 Å². The molecule has 4 nitrogen and oxygen atoms in total. The molecule has 0 aliphatic heterocycles. The molecular weight excluding hydrogens is 202 g/mol. The third-order valence-electron chi connectivity index (χ3n) is 3.04. The first-order valence-corrected chi connectivity index (χ1v) is 5.39. The van der Waals surface area contributed by atoms with Crippen LogP contribution in [0.5, 0.6) is 0 Å². The summed E-state index contributed by atoms with van der Waals surface area (Å²) in [6.07, 6.45) is 4.05. The lowest BCUT2D eigenvalue weighted by molar-refractivity contribution is 0.0328. The van der Waals surface area contributed by atoms with Crippen molar-refractivity contribution in [3.8, 4) is 6.07 Å². The molecule has 0 unspecified atom stereocenters. The Morgan fingerprint density at radius 3 is 2.94 bits per heavy atom. The van der Waals surface area contributed by atoms with Crippen LogP contribution in [0.4, 0.5) is 5.82 Å². The zero-order valence-corrected chi connectivity index (χ0v) is 9.53. The summed E-state index contributed by atoms with van der Waals surface area (Å²) in [5, 5.41) is 12.3. The number of nitrogens with zero attached hydrogens (tertiary/aromatic N) is 2. The molecule has 1 aliphatic rings. The van der Waals surface area contributed by atoms with Crippen molar-refractivity contribution in [1.29, 1.82) is 5.26 Å². The monoisotopic (exact) mass is 217 g/mol. The second kappa shape index (κ2) is 4.50. The van der Waals surface area contributed by atoms with Gasteiger partial charge in [-0.3, -0.25) is 0 Å². The number of aryl methyl sites for hydroxylation is 1. The molecule has 0 amide bonds. The zero-order valence-electron chi connectivity index (χ0n) is 9.53. The molecule has 1 heterocycles. The lowest BCUT2D eigenvalue weighted by Gasteiger charge is -2.35. The van der Waals surface area contributed by atoms with Gasteiger partial charge < -0.3 is 10.1 Å². The second-order valence-corrected chi connectivity index (χ2v) is 4.13. The molecular formula is C12H15N3O. The Morgan fingerprint density at radius 1 is 1.56 bits per heavy atom. The first-order valence-electron chi connectivity index (χ1n) is 5.39. The lowest BCUT2D eigenvalue weighted by Crippen LogP contribution is -2.40. The lowest BCUT2D eigenvalue weighted by atomic mass is 9.89. The van der Waals surface area contributed by atoms with Gasteiger partial charge in [-0.25, -0.2) is 4.98 Å². The molecule has 2 rings (SSSR count). The molecule has 4 heteroatoms. The topological polar surface area (TPSA) is 57.9 Å². The van der Waals surface area contributed by atoms with Crippen LogP contribution < -0.4 is 5.32 Å². The highest BCUT2D eigenvalue weighted by atomic mass is 16.5. The molecule has 0 radical (unpaired) electrons. The smallest absolute Gasteiger partial charge is 0.144 e. The summed E-state index contributed by atoms with van der Waals surface area (Å²) >= 11 is 0. The minimum atomic E-state index is 0.354. The molecule has 0 atom stereocenters. The first-order chi connectivity index (χ1) is 7.74. The summed E-state index contributed by atoms with van der Waals surface area (Å²) in [7, 11) is 1.73. The van der Waals surface area contributed by atoms with E-state index in [1.54, 1.807) is 13.3 Å². The van der Waals surface area contributed by atoms with E-state index in [1.807, 2.05) is 13.0 Å². The van der Waals surface area contributed by atoms with Crippen molar-refractivity contribution in [3.05, 3.63) is 23.4 Å². The summed E-state index contributed by atoms with van der Waals surface area (Å²) in [5.41, 5.74) is 1.60.